The summed E-state index contributed by atoms with van der Waals surface area (Å²) in [5, 5.41) is 10.4. The quantitative estimate of drug-likeness (QED) is 0.845. The summed E-state index contributed by atoms with van der Waals surface area (Å²) in [6.07, 6.45) is 0. The fourth-order valence-electron chi connectivity index (χ4n) is 2.30. The van der Waals surface area contributed by atoms with Crippen molar-refractivity contribution in [3.8, 4) is 0 Å². The van der Waals surface area contributed by atoms with Gasteiger partial charge in [-0.25, -0.2) is 9.97 Å². The molecule has 0 fully saturated rings. The monoisotopic (exact) mass is 291 g/mol. The molecular formula is C14H21N5O2. The van der Waals surface area contributed by atoms with Crippen molar-refractivity contribution in [2.24, 2.45) is 0 Å². The van der Waals surface area contributed by atoms with Gasteiger partial charge in [0.1, 0.15) is 24.0 Å². The second-order valence-electron chi connectivity index (χ2n) is 4.84. The number of nitrogens with one attached hydrogen (secondary N) is 2. The van der Waals surface area contributed by atoms with Crippen LogP contribution in [-0.2, 0) is 11.3 Å². The SMILES string of the molecule is CNc1cc(NC(C)c2c(C)noc2C)nc(COC)n1. The van der Waals surface area contributed by atoms with Crippen molar-refractivity contribution in [1.82, 2.24) is 15.1 Å². The van der Waals surface area contributed by atoms with E-state index in [4.69, 9.17) is 9.26 Å². The van der Waals surface area contributed by atoms with E-state index in [1.54, 1.807) is 7.11 Å². The molecule has 0 spiro atoms. The van der Waals surface area contributed by atoms with Crippen molar-refractivity contribution in [2.45, 2.75) is 33.4 Å². The highest BCUT2D eigenvalue weighted by Gasteiger charge is 2.17. The first-order valence-corrected chi connectivity index (χ1v) is 6.79. The summed E-state index contributed by atoms with van der Waals surface area (Å²) in [6, 6.07) is 1.89. The Kier molecular flexibility index (Phi) is 4.74. The summed E-state index contributed by atoms with van der Waals surface area (Å²) in [4.78, 5) is 8.77. The van der Waals surface area contributed by atoms with Gasteiger partial charge in [-0.3, -0.25) is 0 Å². The third-order valence-electron chi connectivity index (χ3n) is 3.19. The molecule has 1 unspecified atom stereocenters. The van der Waals surface area contributed by atoms with E-state index in [1.165, 1.54) is 0 Å². The molecule has 0 aliphatic rings. The molecule has 0 aliphatic carbocycles. The minimum atomic E-state index is 0.0336. The Hall–Kier alpha value is -2.15. The molecule has 0 saturated heterocycles. The number of aryl methyl sites for hydroxylation is 2. The third-order valence-corrected chi connectivity index (χ3v) is 3.19. The summed E-state index contributed by atoms with van der Waals surface area (Å²) in [6.45, 7) is 6.25. The molecular weight excluding hydrogens is 270 g/mol. The van der Waals surface area contributed by atoms with Crippen molar-refractivity contribution >= 4 is 11.6 Å². The fourth-order valence-corrected chi connectivity index (χ4v) is 2.30. The van der Waals surface area contributed by atoms with Gasteiger partial charge in [0.15, 0.2) is 5.82 Å². The minimum Gasteiger partial charge on any atom is -0.377 e. The topological polar surface area (TPSA) is 85.1 Å². The Labute approximate surface area is 124 Å². The van der Waals surface area contributed by atoms with E-state index >= 15 is 0 Å². The number of hydrogen-bond acceptors (Lipinski definition) is 7. The van der Waals surface area contributed by atoms with Crippen molar-refractivity contribution in [3.05, 3.63) is 28.9 Å². The maximum Gasteiger partial charge on any atom is 0.158 e. The molecule has 0 amide bonds. The maximum absolute atomic E-state index is 5.21. The predicted molar refractivity (Wildman–Crippen MR) is 80.3 cm³/mol. The molecule has 2 aromatic rings. The zero-order valence-electron chi connectivity index (χ0n) is 13.0. The molecule has 2 aromatic heterocycles. The largest absolute Gasteiger partial charge is 0.377 e. The zero-order chi connectivity index (χ0) is 15.4. The molecule has 7 nitrogen and oxygen atoms in total. The van der Waals surface area contributed by atoms with Crippen LogP contribution in [0.1, 0.15) is 35.8 Å². The van der Waals surface area contributed by atoms with E-state index < -0.39 is 0 Å². The molecule has 7 heteroatoms. The van der Waals surface area contributed by atoms with Gasteiger partial charge in [-0.2, -0.15) is 0 Å². The molecule has 114 valence electrons. The molecule has 1 atom stereocenters. The first-order valence-electron chi connectivity index (χ1n) is 6.79. The third kappa shape index (κ3) is 3.49. The van der Waals surface area contributed by atoms with Gasteiger partial charge in [-0.15, -0.1) is 0 Å². The lowest BCUT2D eigenvalue weighted by atomic mass is 10.1. The van der Waals surface area contributed by atoms with Crippen LogP contribution in [0.2, 0.25) is 0 Å². The van der Waals surface area contributed by atoms with Crippen LogP contribution < -0.4 is 10.6 Å². The summed E-state index contributed by atoms with van der Waals surface area (Å²) < 4.78 is 10.3. The molecule has 0 bridgehead atoms. The zero-order valence-corrected chi connectivity index (χ0v) is 13.0. The van der Waals surface area contributed by atoms with Crippen LogP contribution >= 0.6 is 0 Å². The maximum atomic E-state index is 5.21. The van der Waals surface area contributed by atoms with Gasteiger partial charge < -0.3 is 19.9 Å². The first-order chi connectivity index (χ1) is 10.0. The highest BCUT2D eigenvalue weighted by Crippen LogP contribution is 2.25. The highest BCUT2D eigenvalue weighted by atomic mass is 16.5. The lowest BCUT2D eigenvalue weighted by Gasteiger charge is -2.15. The number of rotatable bonds is 6. The van der Waals surface area contributed by atoms with Gasteiger partial charge in [0.05, 0.1) is 11.7 Å². The van der Waals surface area contributed by atoms with Crippen molar-refractivity contribution in [3.63, 3.8) is 0 Å². The van der Waals surface area contributed by atoms with Crippen LogP contribution in [0.5, 0.6) is 0 Å². The summed E-state index contributed by atoms with van der Waals surface area (Å²) in [5.41, 5.74) is 1.93. The van der Waals surface area contributed by atoms with E-state index in [0.29, 0.717) is 12.4 Å². The predicted octanol–water partition coefficient (Wildman–Crippen LogP) is 2.44. The highest BCUT2D eigenvalue weighted by molar-refractivity contribution is 5.49. The Balaban J connectivity index is 2.24. The van der Waals surface area contributed by atoms with Gasteiger partial charge in [-0.05, 0) is 20.8 Å². The van der Waals surface area contributed by atoms with Gasteiger partial charge in [0.2, 0.25) is 0 Å². The standard InChI is InChI=1S/C14H21N5O2/c1-8(14-9(2)19-21-10(14)3)16-12-6-11(15-4)17-13(18-12)7-20-5/h6,8H,7H2,1-5H3,(H2,15,16,17,18). The average Bonchev–Trinajstić information content (AvgIpc) is 2.78. The van der Waals surface area contributed by atoms with Gasteiger partial charge in [0.25, 0.3) is 0 Å². The molecule has 0 saturated carbocycles. The fraction of sp³-hybridized carbons (Fsp3) is 0.500. The molecule has 21 heavy (non-hydrogen) atoms. The van der Waals surface area contributed by atoms with Crippen LogP contribution in [0.25, 0.3) is 0 Å². The van der Waals surface area contributed by atoms with E-state index in [0.717, 1.165) is 28.7 Å². The van der Waals surface area contributed by atoms with Gasteiger partial charge in [0, 0.05) is 25.8 Å². The van der Waals surface area contributed by atoms with Gasteiger partial charge in [-0.1, -0.05) is 5.16 Å². The van der Waals surface area contributed by atoms with Crippen molar-refractivity contribution in [2.75, 3.05) is 24.8 Å². The Bertz CT molecular complexity index is 592. The summed E-state index contributed by atoms with van der Waals surface area (Å²) >= 11 is 0. The van der Waals surface area contributed by atoms with Crippen LogP contribution in [-0.4, -0.2) is 29.3 Å². The van der Waals surface area contributed by atoms with Crippen LogP contribution in [0.15, 0.2) is 10.6 Å². The normalized spacial score (nSPS) is 12.2. The average molecular weight is 291 g/mol. The smallest absolute Gasteiger partial charge is 0.158 e. The number of nitrogens with zero attached hydrogens (tertiary/aromatic N) is 3. The van der Waals surface area contributed by atoms with E-state index in [9.17, 15) is 0 Å². The first kappa shape index (κ1) is 15.2. The molecule has 2 N–H and O–H groups in total. The van der Waals surface area contributed by atoms with E-state index in [1.807, 2.05) is 33.9 Å². The molecule has 2 heterocycles. The number of anilines is 2. The summed E-state index contributed by atoms with van der Waals surface area (Å²) in [7, 11) is 3.44. The van der Waals surface area contributed by atoms with Crippen LogP contribution in [0.3, 0.4) is 0 Å². The Morgan fingerprint density at radius 3 is 2.57 bits per heavy atom. The van der Waals surface area contributed by atoms with Crippen LogP contribution in [0, 0.1) is 13.8 Å². The number of methoxy groups -OCH3 is 1. The molecule has 0 aromatic carbocycles. The lowest BCUT2D eigenvalue weighted by Crippen LogP contribution is -2.12. The van der Waals surface area contributed by atoms with E-state index in [2.05, 4.69) is 25.8 Å². The molecule has 2 rings (SSSR count). The van der Waals surface area contributed by atoms with E-state index in [-0.39, 0.29) is 6.04 Å². The lowest BCUT2D eigenvalue weighted by molar-refractivity contribution is 0.178. The second kappa shape index (κ2) is 6.53. The minimum absolute atomic E-state index is 0.0336. The summed E-state index contributed by atoms with van der Waals surface area (Å²) in [5.74, 6) is 2.91. The van der Waals surface area contributed by atoms with Crippen molar-refractivity contribution in [1.29, 1.82) is 0 Å². The number of ether oxygens (including phenoxy) is 1. The van der Waals surface area contributed by atoms with Crippen LogP contribution in [0.4, 0.5) is 11.6 Å². The molecule has 0 radical (unpaired) electrons. The Morgan fingerprint density at radius 2 is 2.00 bits per heavy atom. The number of hydrogen-bond donors (Lipinski definition) is 2. The van der Waals surface area contributed by atoms with Crippen molar-refractivity contribution < 1.29 is 9.26 Å². The second-order valence-corrected chi connectivity index (χ2v) is 4.84. The Morgan fingerprint density at radius 1 is 1.29 bits per heavy atom. The molecule has 0 aliphatic heterocycles. The number of aromatic nitrogens is 3. The van der Waals surface area contributed by atoms with Gasteiger partial charge >= 0.3 is 0 Å².